The number of hydrogen-bond donors (Lipinski definition) is 3. The highest BCUT2D eigenvalue weighted by molar-refractivity contribution is 5.98. The van der Waals surface area contributed by atoms with E-state index in [9.17, 15) is 19.5 Å². The van der Waals surface area contributed by atoms with Crippen LogP contribution in [0, 0.1) is 5.92 Å². The summed E-state index contributed by atoms with van der Waals surface area (Å²) in [7, 11) is 1.24. The van der Waals surface area contributed by atoms with E-state index in [2.05, 4.69) is 33.5 Å². The van der Waals surface area contributed by atoms with E-state index in [4.69, 9.17) is 4.42 Å². The molecule has 9 nitrogen and oxygen atoms in total. The van der Waals surface area contributed by atoms with Crippen molar-refractivity contribution >= 4 is 29.3 Å². The number of oxazole rings is 1. The molecule has 2 aromatic rings. The maximum atomic E-state index is 12.5. The molecule has 0 saturated heterocycles. The van der Waals surface area contributed by atoms with Gasteiger partial charge in [-0.3, -0.25) is 14.9 Å². The molecule has 2 amide bonds. The van der Waals surface area contributed by atoms with Gasteiger partial charge in [-0.05, 0) is 31.0 Å². The summed E-state index contributed by atoms with van der Waals surface area (Å²) >= 11 is 0. The Bertz CT molecular complexity index is 1030. The molecular weight excluding hydrogens is 414 g/mol. The summed E-state index contributed by atoms with van der Waals surface area (Å²) in [5, 5.41) is 15.1. The zero-order chi connectivity index (χ0) is 23.9. The number of hydrogen-bond acceptors (Lipinski definition) is 6. The first-order valence-corrected chi connectivity index (χ1v) is 9.95. The van der Waals surface area contributed by atoms with E-state index in [-0.39, 0.29) is 30.4 Å². The Morgan fingerprint density at radius 3 is 2.59 bits per heavy atom. The van der Waals surface area contributed by atoms with Crippen molar-refractivity contribution in [3.8, 4) is 11.3 Å². The van der Waals surface area contributed by atoms with Crippen molar-refractivity contribution in [3.63, 3.8) is 0 Å². The van der Waals surface area contributed by atoms with Crippen LogP contribution >= 0.6 is 0 Å². The van der Waals surface area contributed by atoms with Gasteiger partial charge in [0, 0.05) is 11.3 Å². The van der Waals surface area contributed by atoms with Crippen LogP contribution in [0.3, 0.4) is 0 Å². The van der Waals surface area contributed by atoms with Crippen LogP contribution in [0.5, 0.6) is 0 Å². The number of nitrogens with zero attached hydrogens (tertiary/aromatic N) is 1. The van der Waals surface area contributed by atoms with E-state index in [0.717, 1.165) is 0 Å². The van der Waals surface area contributed by atoms with Crippen LogP contribution in [-0.4, -0.2) is 35.2 Å². The minimum absolute atomic E-state index is 0.0379. The smallest absolute Gasteiger partial charge is 0.411 e. The molecule has 2 atom stereocenters. The molecule has 0 aliphatic carbocycles. The minimum atomic E-state index is -1.35. The largest absolute Gasteiger partial charge is 0.480 e. The predicted octanol–water partition coefficient (Wildman–Crippen LogP) is 4.59. The highest BCUT2D eigenvalue weighted by Gasteiger charge is 2.42. The second-order valence-electron chi connectivity index (χ2n) is 7.15. The molecule has 0 spiro atoms. The van der Waals surface area contributed by atoms with Gasteiger partial charge in [-0.2, -0.15) is 0 Å². The van der Waals surface area contributed by atoms with Gasteiger partial charge in [-0.1, -0.05) is 26.0 Å². The Labute approximate surface area is 186 Å². The SMILES string of the molecule is C=CCC(CC)(C(=O)O)c1ncc(-c2ccc(NC(=O)OC)cc2NC(=O)C(C)C=C)o1. The third-order valence-electron chi connectivity index (χ3n) is 5.16. The number of carbonyl (C=O) groups excluding carboxylic acids is 2. The number of benzene rings is 1. The number of methoxy groups -OCH3 is 1. The average Bonchev–Trinajstić information content (AvgIpc) is 3.26. The molecular formula is C23H27N3O6. The van der Waals surface area contributed by atoms with Crippen LogP contribution in [0.25, 0.3) is 11.3 Å². The normalized spacial score (nSPS) is 13.3. The van der Waals surface area contributed by atoms with Gasteiger partial charge < -0.3 is 19.6 Å². The van der Waals surface area contributed by atoms with E-state index in [1.54, 1.807) is 26.0 Å². The van der Waals surface area contributed by atoms with E-state index in [1.165, 1.54) is 31.5 Å². The number of carboxylic acids is 1. The molecule has 1 aromatic carbocycles. The number of amides is 2. The fourth-order valence-corrected chi connectivity index (χ4v) is 3.04. The fourth-order valence-electron chi connectivity index (χ4n) is 3.04. The van der Waals surface area contributed by atoms with Crippen molar-refractivity contribution in [1.29, 1.82) is 0 Å². The maximum absolute atomic E-state index is 12.5. The van der Waals surface area contributed by atoms with Crippen LogP contribution < -0.4 is 10.6 Å². The summed E-state index contributed by atoms with van der Waals surface area (Å²) in [6.07, 6.45) is 4.13. The van der Waals surface area contributed by atoms with Gasteiger partial charge in [0.1, 0.15) is 5.41 Å². The average molecular weight is 441 g/mol. The molecule has 0 saturated carbocycles. The summed E-state index contributed by atoms with van der Waals surface area (Å²) in [6, 6.07) is 4.75. The molecule has 0 fully saturated rings. The van der Waals surface area contributed by atoms with Gasteiger partial charge in [-0.25, -0.2) is 9.78 Å². The molecule has 1 heterocycles. The first kappa shape index (κ1) is 24.4. The molecule has 1 aromatic heterocycles. The first-order chi connectivity index (χ1) is 15.2. The fraction of sp³-hybridized carbons (Fsp3) is 0.304. The van der Waals surface area contributed by atoms with E-state index >= 15 is 0 Å². The standard InChI is InChI=1S/C23H27N3O6/c1-6-11-23(8-3,21(28)29)20-24-13-18(32-20)16-10-9-15(25-22(30)31-5)12-17(16)26-19(27)14(4)7-2/h6-7,9-10,12-14H,1-2,8,11H2,3-5H3,(H,25,30)(H,26,27)(H,28,29). The number of aliphatic carboxylic acids is 1. The summed E-state index contributed by atoms with van der Waals surface area (Å²) in [5.74, 6) is -1.57. The van der Waals surface area contributed by atoms with Crippen LogP contribution in [0.1, 0.15) is 32.6 Å². The molecule has 9 heteroatoms. The van der Waals surface area contributed by atoms with Crippen molar-refractivity contribution < 1.29 is 28.6 Å². The lowest BCUT2D eigenvalue weighted by atomic mass is 9.81. The lowest BCUT2D eigenvalue weighted by Crippen LogP contribution is -2.35. The molecule has 0 aliphatic rings. The molecule has 0 radical (unpaired) electrons. The first-order valence-electron chi connectivity index (χ1n) is 9.95. The van der Waals surface area contributed by atoms with Crippen LogP contribution in [0.4, 0.5) is 16.2 Å². The summed E-state index contributed by atoms with van der Waals surface area (Å²) in [4.78, 5) is 40.3. The molecule has 32 heavy (non-hydrogen) atoms. The third kappa shape index (κ3) is 5.05. The second kappa shape index (κ2) is 10.4. The van der Waals surface area contributed by atoms with Crippen molar-refractivity contribution in [3.05, 3.63) is 55.6 Å². The van der Waals surface area contributed by atoms with Crippen molar-refractivity contribution in [1.82, 2.24) is 4.98 Å². The molecule has 0 aliphatic heterocycles. The van der Waals surface area contributed by atoms with Gasteiger partial charge >= 0.3 is 12.1 Å². The molecule has 170 valence electrons. The van der Waals surface area contributed by atoms with E-state index in [1.807, 2.05) is 0 Å². The van der Waals surface area contributed by atoms with Crippen molar-refractivity contribution in [2.45, 2.75) is 32.1 Å². The third-order valence-corrected chi connectivity index (χ3v) is 5.16. The highest BCUT2D eigenvalue weighted by Crippen LogP contribution is 2.37. The number of carbonyl (C=O) groups is 3. The maximum Gasteiger partial charge on any atom is 0.411 e. The number of carboxylic acid groups (broad SMARTS) is 1. The zero-order valence-corrected chi connectivity index (χ0v) is 18.3. The minimum Gasteiger partial charge on any atom is -0.480 e. The molecule has 2 unspecified atom stereocenters. The van der Waals surface area contributed by atoms with Crippen LogP contribution in [0.2, 0.25) is 0 Å². The molecule has 2 rings (SSSR count). The Hall–Kier alpha value is -3.88. The van der Waals surface area contributed by atoms with Crippen LogP contribution in [0.15, 0.2) is 54.1 Å². The van der Waals surface area contributed by atoms with Crippen LogP contribution in [-0.2, 0) is 19.7 Å². The number of allylic oxidation sites excluding steroid dienone is 1. The number of aromatic nitrogens is 1. The van der Waals surface area contributed by atoms with Gasteiger partial charge in [0.2, 0.25) is 11.8 Å². The highest BCUT2D eigenvalue weighted by atomic mass is 16.5. The number of nitrogens with one attached hydrogen (secondary N) is 2. The Balaban J connectivity index is 2.55. The van der Waals surface area contributed by atoms with Gasteiger partial charge in [0.05, 0.1) is 24.9 Å². The van der Waals surface area contributed by atoms with Gasteiger partial charge in [0.25, 0.3) is 0 Å². The van der Waals surface area contributed by atoms with Gasteiger partial charge in [-0.15, -0.1) is 13.2 Å². The monoisotopic (exact) mass is 441 g/mol. The molecule has 3 N–H and O–H groups in total. The zero-order valence-electron chi connectivity index (χ0n) is 18.3. The van der Waals surface area contributed by atoms with Crippen molar-refractivity contribution in [2.24, 2.45) is 5.92 Å². The Morgan fingerprint density at radius 2 is 2.03 bits per heavy atom. The second-order valence-corrected chi connectivity index (χ2v) is 7.15. The Morgan fingerprint density at radius 1 is 1.31 bits per heavy atom. The number of ether oxygens (including phenoxy) is 1. The summed E-state index contributed by atoms with van der Waals surface area (Å²) < 4.78 is 10.5. The predicted molar refractivity (Wildman–Crippen MR) is 120 cm³/mol. The Kier molecular flexibility index (Phi) is 7.95. The number of anilines is 2. The van der Waals surface area contributed by atoms with Crippen molar-refractivity contribution in [2.75, 3.05) is 17.7 Å². The summed E-state index contributed by atoms with van der Waals surface area (Å²) in [6.45, 7) is 10.7. The van der Waals surface area contributed by atoms with E-state index in [0.29, 0.717) is 16.9 Å². The quantitative estimate of drug-likeness (QED) is 0.460. The lowest BCUT2D eigenvalue weighted by molar-refractivity contribution is -0.144. The van der Waals surface area contributed by atoms with E-state index < -0.39 is 23.4 Å². The topological polar surface area (TPSA) is 131 Å². The summed E-state index contributed by atoms with van der Waals surface area (Å²) in [5.41, 5.74) is -0.186. The lowest BCUT2D eigenvalue weighted by Gasteiger charge is -2.22. The van der Waals surface area contributed by atoms with Gasteiger partial charge in [0.15, 0.2) is 5.76 Å². The number of rotatable bonds is 10. The molecule has 0 bridgehead atoms.